The Morgan fingerprint density at radius 3 is 3.05 bits per heavy atom. The molecule has 0 saturated carbocycles. The number of hydrogen-bond acceptors (Lipinski definition) is 5. The molecule has 1 aromatic heterocycles. The molecule has 2 aromatic rings. The number of halogens is 1. The first kappa shape index (κ1) is 13.1. The average Bonchev–Trinajstić information content (AvgIpc) is 2.94. The Morgan fingerprint density at radius 2 is 2.32 bits per heavy atom. The van der Waals surface area contributed by atoms with E-state index in [-0.39, 0.29) is 11.7 Å². The van der Waals surface area contributed by atoms with Crippen molar-refractivity contribution < 1.29 is 4.74 Å². The van der Waals surface area contributed by atoms with Crippen LogP contribution in [-0.4, -0.2) is 27.0 Å². The summed E-state index contributed by atoms with van der Waals surface area (Å²) in [4.78, 5) is 0. The molecule has 6 heteroatoms. The normalized spacial score (nSPS) is 21.9. The van der Waals surface area contributed by atoms with Crippen LogP contribution in [-0.2, 0) is 4.74 Å². The van der Waals surface area contributed by atoms with Crippen molar-refractivity contribution in [1.82, 2.24) is 8.75 Å². The van der Waals surface area contributed by atoms with Gasteiger partial charge in [-0.3, -0.25) is 0 Å². The third-order valence-electron chi connectivity index (χ3n) is 3.44. The minimum atomic E-state index is -0.00959. The largest absolute Gasteiger partial charge is 0.379 e. The lowest BCUT2D eigenvalue weighted by molar-refractivity contribution is -0.00909. The van der Waals surface area contributed by atoms with E-state index in [1.807, 2.05) is 12.1 Å². The topological polar surface area (TPSA) is 47.0 Å². The monoisotopic (exact) mass is 297 g/mol. The van der Waals surface area contributed by atoms with Gasteiger partial charge in [0.25, 0.3) is 0 Å². The van der Waals surface area contributed by atoms with Crippen molar-refractivity contribution in [2.45, 2.75) is 38.4 Å². The Labute approximate surface area is 121 Å². The van der Waals surface area contributed by atoms with E-state index < -0.39 is 0 Å². The summed E-state index contributed by atoms with van der Waals surface area (Å²) in [6.45, 7) is 5.01. The van der Waals surface area contributed by atoms with Crippen molar-refractivity contribution >= 4 is 40.0 Å². The van der Waals surface area contributed by atoms with E-state index in [9.17, 15) is 0 Å². The molecule has 2 heterocycles. The molecule has 0 aliphatic carbocycles. The van der Waals surface area contributed by atoms with Crippen LogP contribution in [0.4, 0.5) is 5.69 Å². The molecule has 1 aliphatic rings. The van der Waals surface area contributed by atoms with Crippen LogP contribution >= 0.6 is 23.3 Å². The second-order valence-electron chi connectivity index (χ2n) is 5.47. The number of fused-ring (bicyclic) bond motifs is 1. The second-order valence-corrected chi connectivity index (χ2v) is 6.41. The molecule has 0 bridgehead atoms. The first-order valence-corrected chi connectivity index (χ1v) is 7.48. The van der Waals surface area contributed by atoms with Crippen LogP contribution in [0, 0.1) is 0 Å². The van der Waals surface area contributed by atoms with E-state index in [2.05, 4.69) is 27.9 Å². The molecule has 0 radical (unpaired) electrons. The minimum Gasteiger partial charge on any atom is -0.379 e. The summed E-state index contributed by atoms with van der Waals surface area (Å²) < 4.78 is 14.5. The number of benzene rings is 1. The first-order chi connectivity index (χ1) is 9.05. The van der Waals surface area contributed by atoms with Crippen molar-refractivity contribution in [3.63, 3.8) is 0 Å². The van der Waals surface area contributed by atoms with Crippen molar-refractivity contribution in [1.29, 1.82) is 0 Å². The van der Waals surface area contributed by atoms with Gasteiger partial charge in [0.1, 0.15) is 11.0 Å². The van der Waals surface area contributed by atoms with Gasteiger partial charge in [0.15, 0.2) is 0 Å². The van der Waals surface area contributed by atoms with Gasteiger partial charge in [-0.25, -0.2) is 0 Å². The summed E-state index contributed by atoms with van der Waals surface area (Å²) in [7, 11) is 0. The van der Waals surface area contributed by atoms with E-state index in [0.717, 1.165) is 36.1 Å². The lowest BCUT2D eigenvalue weighted by atomic mass is 10.1. The SMILES string of the molecule is CC1(C)CCC(CNc2c(Cl)ccc3nsnc23)O1. The highest BCUT2D eigenvalue weighted by molar-refractivity contribution is 7.00. The van der Waals surface area contributed by atoms with Crippen molar-refractivity contribution in [2.24, 2.45) is 0 Å². The number of aromatic nitrogens is 2. The third-order valence-corrected chi connectivity index (χ3v) is 4.30. The number of nitrogens with zero attached hydrogens (tertiary/aromatic N) is 2. The third kappa shape index (κ3) is 2.68. The summed E-state index contributed by atoms with van der Waals surface area (Å²) in [6.07, 6.45) is 2.39. The molecule has 19 heavy (non-hydrogen) atoms. The maximum atomic E-state index is 6.24. The van der Waals surface area contributed by atoms with Gasteiger partial charge in [0.2, 0.25) is 0 Å². The molecule has 0 spiro atoms. The molecule has 102 valence electrons. The summed E-state index contributed by atoms with van der Waals surface area (Å²) in [5.41, 5.74) is 2.57. The van der Waals surface area contributed by atoms with Gasteiger partial charge in [-0.1, -0.05) is 11.6 Å². The van der Waals surface area contributed by atoms with E-state index in [1.165, 1.54) is 11.7 Å². The predicted octanol–water partition coefficient (Wildman–Crippen LogP) is 3.71. The lowest BCUT2D eigenvalue weighted by Crippen LogP contribution is -2.25. The second kappa shape index (κ2) is 4.89. The quantitative estimate of drug-likeness (QED) is 0.938. The van der Waals surface area contributed by atoms with Crippen LogP contribution in [0.3, 0.4) is 0 Å². The van der Waals surface area contributed by atoms with Gasteiger partial charge >= 0.3 is 0 Å². The summed E-state index contributed by atoms with van der Waals surface area (Å²) >= 11 is 7.44. The van der Waals surface area contributed by atoms with Crippen LogP contribution < -0.4 is 5.32 Å². The van der Waals surface area contributed by atoms with Gasteiger partial charge in [-0.05, 0) is 38.8 Å². The Balaban J connectivity index is 1.75. The number of anilines is 1. The Hall–Kier alpha value is -0.910. The number of ether oxygens (including phenoxy) is 1. The Morgan fingerprint density at radius 1 is 1.47 bits per heavy atom. The molecular weight excluding hydrogens is 282 g/mol. The zero-order valence-electron chi connectivity index (χ0n) is 10.9. The fourth-order valence-corrected chi connectivity index (χ4v) is 3.19. The molecule has 1 aliphatic heterocycles. The molecule has 1 aromatic carbocycles. The number of nitrogens with one attached hydrogen (secondary N) is 1. The summed E-state index contributed by atoms with van der Waals surface area (Å²) in [6, 6.07) is 3.74. The minimum absolute atomic E-state index is 0.00959. The van der Waals surface area contributed by atoms with Crippen LogP contribution in [0.25, 0.3) is 11.0 Å². The van der Waals surface area contributed by atoms with Crippen LogP contribution in [0.5, 0.6) is 0 Å². The van der Waals surface area contributed by atoms with Crippen LogP contribution in [0.1, 0.15) is 26.7 Å². The zero-order chi connectivity index (χ0) is 13.5. The van der Waals surface area contributed by atoms with Gasteiger partial charge in [0, 0.05) is 6.54 Å². The van der Waals surface area contributed by atoms with Crippen LogP contribution in [0.2, 0.25) is 5.02 Å². The highest BCUT2D eigenvalue weighted by Crippen LogP contribution is 2.32. The Bertz CT molecular complexity index is 599. The number of rotatable bonds is 3. The zero-order valence-corrected chi connectivity index (χ0v) is 12.5. The van der Waals surface area contributed by atoms with Gasteiger partial charge in [0.05, 0.1) is 34.1 Å². The summed E-state index contributed by atoms with van der Waals surface area (Å²) in [5, 5.41) is 4.05. The van der Waals surface area contributed by atoms with Gasteiger partial charge < -0.3 is 10.1 Å². The fourth-order valence-electron chi connectivity index (χ4n) is 2.43. The highest BCUT2D eigenvalue weighted by Gasteiger charge is 2.31. The maximum absolute atomic E-state index is 6.24. The van der Waals surface area contributed by atoms with Gasteiger partial charge in [-0.15, -0.1) is 0 Å². The maximum Gasteiger partial charge on any atom is 0.129 e. The fraction of sp³-hybridized carbons (Fsp3) is 0.538. The van der Waals surface area contributed by atoms with Crippen LogP contribution in [0.15, 0.2) is 12.1 Å². The molecule has 1 saturated heterocycles. The molecule has 1 N–H and O–H groups in total. The van der Waals surface area contributed by atoms with Crippen molar-refractivity contribution in [3.05, 3.63) is 17.2 Å². The molecule has 0 amide bonds. The highest BCUT2D eigenvalue weighted by atomic mass is 35.5. The molecule has 1 atom stereocenters. The predicted molar refractivity (Wildman–Crippen MR) is 79.1 cm³/mol. The molecular formula is C13H16ClN3OS. The van der Waals surface area contributed by atoms with E-state index in [1.54, 1.807) is 0 Å². The van der Waals surface area contributed by atoms with E-state index in [4.69, 9.17) is 16.3 Å². The molecule has 1 fully saturated rings. The smallest absolute Gasteiger partial charge is 0.129 e. The standard InChI is InChI=1S/C13H16ClN3OS/c1-13(2)6-5-8(18-13)7-15-11-9(14)3-4-10-12(11)17-19-16-10/h3-4,8,15H,5-7H2,1-2H3. The molecule has 1 unspecified atom stereocenters. The van der Waals surface area contributed by atoms with Crippen molar-refractivity contribution in [3.8, 4) is 0 Å². The molecule has 3 rings (SSSR count). The van der Waals surface area contributed by atoms with E-state index >= 15 is 0 Å². The van der Waals surface area contributed by atoms with Crippen molar-refractivity contribution in [2.75, 3.05) is 11.9 Å². The average molecular weight is 298 g/mol. The number of hydrogen-bond donors (Lipinski definition) is 1. The van der Waals surface area contributed by atoms with Gasteiger partial charge in [-0.2, -0.15) is 8.75 Å². The molecule has 4 nitrogen and oxygen atoms in total. The summed E-state index contributed by atoms with van der Waals surface area (Å²) in [5.74, 6) is 0. The Kier molecular flexibility index (Phi) is 3.37. The first-order valence-electron chi connectivity index (χ1n) is 6.38. The van der Waals surface area contributed by atoms with E-state index in [0.29, 0.717) is 5.02 Å². The lowest BCUT2D eigenvalue weighted by Gasteiger charge is -2.20.